The SMILES string of the molecule is COc1ccc(/C(O)=C2\C(=O)C(=O)N(Cc3ccco3)[C@@H]2c2cccs2)cc1. The molecule has 0 unspecified atom stereocenters. The van der Waals surface area contributed by atoms with Crippen molar-refractivity contribution < 1.29 is 23.8 Å². The van der Waals surface area contributed by atoms with E-state index in [1.165, 1.54) is 22.5 Å². The normalized spacial score (nSPS) is 18.6. The van der Waals surface area contributed by atoms with E-state index in [4.69, 9.17) is 9.15 Å². The largest absolute Gasteiger partial charge is 0.507 e. The van der Waals surface area contributed by atoms with Crippen molar-refractivity contribution in [3.63, 3.8) is 0 Å². The highest BCUT2D eigenvalue weighted by Crippen LogP contribution is 2.41. The van der Waals surface area contributed by atoms with Gasteiger partial charge in [-0.1, -0.05) is 6.07 Å². The number of carbonyl (C=O) groups is 2. The molecular weight excluding hydrogens is 378 g/mol. The van der Waals surface area contributed by atoms with Crippen LogP contribution < -0.4 is 4.74 Å². The topological polar surface area (TPSA) is 80.0 Å². The van der Waals surface area contributed by atoms with Crippen LogP contribution in [0.3, 0.4) is 0 Å². The first-order valence-corrected chi connectivity index (χ1v) is 9.46. The molecule has 1 saturated heterocycles. The monoisotopic (exact) mass is 395 g/mol. The molecule has 0 aliphatic carbocycles. The molecule has 1 atom stereocenters. The lowest BCUT2D eigenvalue weighted by molar-refractivity contribution is -0.140. The van der Waals surface area contributed by atoms with E-state index in [1.807, 2.05) is 17.5 Å². The predicted molar refractivity (Wildman–Crippen MR) is 104 cm³/mol. The van der Waals surface area contributed by atoms with Crippen molar-refractivity contribution in [3.8, 4) is 5.75 Å². The first kappa shape index (κ1) is 18.1. The lowest BCUT2D eigenvalue weighted by Crippen LogP contribution is -2.28. The molecule has 4 rings (SSSR count). The van der Waals surface area contributed by atoms with Crippen molar-refractivity contribution in [2.45, 2.75) is 12.6 Å². The number of methoxy groups -OCH3 is 1. The highest BCUT2D eigenvalue weighted by Gasteiger charge is 2.46. The van der Waals surface area contributed by atoms with Gasteiger partial charge in [0.2, 0.25) is 0 Å². The third-order valence-corrected chi connectivity index (χ3v) is 5.55. The van der Waals surface area contributed by atoms with E-state index in [0.29, 0.717) is 17.1 Å². The number of aliphatic hydroxyl groups excluding tert-OH is 1. The maximum Gasteiger partial charge on any atom is 0.296 e. The molecular formula is C21H17NO5S. The van der Waals surface area contributed by atoms with Crippen molar-refractivity contribution in [1.82, 2.24) is 4.90 Å². The fraction of sp³-hybridized carbons (Fsp3) is 0.143. The molecule has 2 aromatic heterocycles. The number of nitrogens with zero attached hydrogens (tertiary/aromatic N) is 1. The molecule has 7 heteroatoms. The standard InChI is InChI=1S/C21H17NO5S/c1-26-14-8-6-13(7-9-14)19(23)17-18(16-5-3-11-28-16)22(21(25)20(17)24)12-15-4-2-10-27-15/h2-11,18,23H,12H2,1H3/b19-17+/t18-/m1/s1. The molecule has 0 saturated carbocycles. The maximum absolute atomic E-state index is 12.8. The average molecular weight is 395 g/mol. The summed E-state index contributed by atoms with van der Waals surface area (Å²) in [4.78, 5) is 27.8. The zero-order chi connectivity index (χ0) is 19.7. The second kappa shape index (κ2) is 7.36. The second-order valence-corrected chi connectivity index (χ2v) is 7.23. The van der Waals surface area contributed by atoms with Gasteiger partial charge < -0.3 is 19.2 Å². The van der Waals surface area contributed by atoms with Gasteiger partial charge in [0.1, 0.15) is 23.3 Å². The fourth-order valence-electron chi connectivity index (χ4n) is 3.26. The summed E-state index contributed by atoms with van der Waals surface area (Å²) in [6, 6.07) is 13.2. The molecule has 1 aliphatic heterocycles. The molecule has 1 aliphatic rings. The van der Waals surface area contributed by atoms with E-state index >= 15 is 0 Å². The molecule has 1 fully saturated rings. The van der Waals surface area contributed by atoms with Gasteiger partial charge >= 0.3 is 0 Å². The number of benzene rings is 1. The number of rotatable bonds is 5. The number of thiophene rings is 1. The van der Waals surface area contributed by atoms with Gasteiger partial charge in [-0.15, -0.1) is 11.3 Å². The molecule has 28 heavy (non-hydrogen) atoms. The number of ether oxygens (including phenoxy) is 1. The molecule has 142 valence electrons. The van der Waals surface area contributed by atoms with Crippen LogP contribution in [-0.2, 0) is 16.1 Å². The number of furan rings is 1. The number of hydrogen-bond donors (Lipinski definition) is 1. The molecule has 3 heterocycles. The Morgan fingerprint density at radius 1 is 1.18 bits per heavy atom. The first-order chi connectivity index (χ1) is 13.6. The first-order valence-electron chi connectivity index (χ1n) is 8.58. The van der Waals surface area contributed by atoms with Gasteiger partial charge in [-0.3, -0.25) is 9.59 Å². The van der Waals surface area contributed by atoms with Crippen LogP contribution in [0.4, 0.5) is 0 Å². The van der Waals surface area contributed by atoms with Crippen LogP contribution >= 0.6 is 11.3 Å². The number of ketones is 1. The van der Waals surface area contributed by atoms with E-state index in [2.05, 4.69) is 0 Å². The third kappa shape index (κ3) is 3.10. The summed E-state index contributed by atoms with van der Waals surface area (Å²) in [7, 11) is 1.55. The minimum Gasteiger partial charge on any atom is -0.507 e. The van der Waals surface area contributed by atoms with Crippen LogP contribution in [0.1, 0.15) is 22.2 Å². The van der Waals surface area contributed by atoms with E-state index in [-0.39, 0.29) is 17.9 Å². The number of aliphatic hydroxyl groups is 1. The second-order valence-electron chi connectivity index (χ2n) is 6.25. The minimum atomic E-state index is -0.710. The van der Waals surface area contributed by atoms with Gasteiger partial charge in [-0.2, -0.15) is 0 Å². The smallest absolute Gasteiger partial charge is 0.296 e. The Morgan fingerprint density at radius 2 is 1.96 bits per heavy atom. The Morgan fingerprint density at radius 3 is 2.57 bits per heavy atom. The summed E-state index contributed by atoms with van der Waals surface area (Å²) in [5.74, 6) is -0.387. The fourth-order valence-corrected chi connectivity index (χ4v) is 4.11. The molecule has 3 aromatic rings. The predicted octanol–water partition coefficient (Wildman–Crippen LogP) is 3.97. The maximum atomic E-state index is 12.8. The Balaban J connectivity index is 1.81. The van der Waals surface area contributed by atoms with Crippen LogP contribution in [0.5, 0.6) is 5.75 Å². The minimum absolute atomic E-state index is 0.0733. The summed E-state index contributed by atoms with van der Waals surface area (Å²) in [5.41, 5.74) is 0.516. The summed E-state index contributed by atoms with van der Waals surface area (Å²) in [6.45, 7) is 0.138. The molecule has 0 bridgehead atoms. The van der Waals surface area contributed by atoms with E-state index < -0.39 is 17.7 Å². The molecule has 1 amide bonds. The van der Waals surface area contributed by atoms with Gasteiger partial charge in [-0.05, 0) is 47.8 Å². The summed E-state index contributed by atoms with van der Waals surface area (Å²) in [5, 5.41) is 12.8. The van der Waals surface area contributed by atoms with E-state index in [1.54, 1.807) is 43.5 Å². The van der Waals surface area contributed by atoms with E-state index in [0.717, 1.165) is 4.88 Å². The van der Waals surface area contributed by atoms with Gasteiger partial charge in [0.15, 0.2) is 0 Å². The van der Waals surface area contributed by atoms with Crippen LogP contribution in [0, 0.1) is 0 Å². The Bertz CT molecular complexity index is 1020. The summed E-state index contributed by atoms with van der Waals surface area (Å²) >= 11 is 1.42. The lowest BCUT2D eigenvalue weighted by atomic mass is 10.00. The van der Waals surface area contributed by atoms with Crippen LogP contribution in [0.25, 0.3) is 5.76 Å². The number of carbonyl (C=O) groups excluding carboxylic acids is 2. The van der Waals surface area contributed by atoms with Crippen LogP contribution in [0.2, 0.25) is 0 Å². The Kier molecular flexibility index (Phi) is 4.75. The number of amides is 1. The van der Waals surface area contributed by atoms with E-state index in [9.17, 15) is 14.7 Å². The van der Waals surface area contributed by atoms with Crippen molar-refractivity contribution in [3.05, 3.63) is 81.9 Å². The van der Waals surface area contributed by atoms with Gasteiger partial charge in [0, 0.05) is 10.4 Å². The molecule has 1 N–H and O–H groups in total. The van der Waals surface area contributed by atoms with Crippen molar-refractivity contribution >= 4 is 28.8 Å². The lowest BCUT2D eigenvalue weighted by Gasteiger charge is -2.23. The zero-order valence-electron chi connectivity index (χ0n) is 15.0. The van der Waals surface area contributed by atoms with Crippen LogP contribution in [0.15, 0.2) is 70.2 Å². The number of hydrogen-bond acceptors (Lipinski definition) is 6. The highest BCUT2D eigenvalue weighted by molar-refractivity contribution is 7.10. The third-order valence-electron chi connectivity index (χ3n) is 4.62. The Labute approximate surface area is 165 Å². The van der Waals surface area contributed by atoms with Crippen LogP contribution in [-0.4, -0.2) is 28.8 Å². The van der Waals surface area contributed by atoms with Gasteiger partial charge in [0.05, 0.1) is 25.5 Å². The highest BCUT2D eigenvalue weighted by atomic mass is 32.1. The summed E-state index contributed by atoms with van der Waals surface area (Å²) in [6.07, 6.45) is 1.52. The number of likely N-dealkylation sites (tertiary alicyclic amines) is 1. The van der Waals surface area contributed by atoms with Gasteiger partial charge in [0.25, 0.3) is 11.7 Å². The van der Waals surface area contributed by atoms with Crippen molar-refractivity contribution in [2.24, 2.45) is 0 Å². The Hall–Kier alpha value is -3.32. The van der Waals surface area contributed by atoms with Crippen molar-refractivity contribution in [2.75, 3.05) is 7.11 Å². The molecule has 0 spiro atoms. The average Bonchev–Trinajstić information content (AvgIpc) is 3.46. The molecule has 6 nitrogen and oxygen atoms in total. The van der Waals surface area contributed by atoms with Gasteiger partial charge in [-0.25, -0.2) is 0 Å². The number of Topliss-reactive ketones (excluding diaryl/α,β-unsaturated/α-hetero) is 1. The summed E-state index contributed by atoms with van der Waals surface area (Å²) < 4.78 is 10.5. The quantitative estimate of drug-likeness (QED) is 0.402. The molecule has 0 radical (unpaired) electrons. The van der Waals surface area contributed by atoms with Crippen molar-refractivity contribution in [1.29, 1.82) is 0 Å². The zero-order valence-corrected chi connectivity index (χ0v) is 15.8. The molecule has 1 aromatic carbocycles.